The second-order valence-electron chi connectivity index (χ2n) is 10.4. The van der Waals surface area contributed by atoms with Crippen LogP contribution in [0, 0.1) is 5.92 Å². The molecule has 4 amide bonds. The van der Waals surface area contributed by atoms with Crippen LogP contribution in [0.3, 0.4) is 0 Å². The first-order valence-electron chi connectivity index (χ1n) is 12.5. The van der Waals surface area contributed by atoms with Gasteiger partial charge in [-0.25, -0.2) is 4.79 Å². The summed E-state index contributed by atoms with van der Waals surface area (Å²) < 4.78 is 5.18. The number of nitrogens with one attached hydrogen (secondary N) is 3. The number of aliphatic hydroxyl groups excluding tert-OH is 1. The van der Waals surface area contributed by atoms with Gasteiger partial charge in [0.1, 0.15) is 11.6 Å². The third-order valence-corrected chi connectivity index (χ3v) is 5.98. The molecule has 0 spiro atoms. The van der Waals surface area contributed by atoms with Crippen molar-refractivity contribution in [1.29, 1.82) is 0 Å². The van der Waals surface area contributed by atoms with Crippen LogP contribution >= 0.6 is 0 Å². The molecule has 0 bridgehead atoms. The van der Waals surface area contributed by atoms with Crippen LogP contribution in [0.2, 0.25) is 0 Å². The number of aliphatic hydroxyl groups is 1. The molecule has 0 aliphatic heterocycles. The first-order valence-corrected chi connectivity index (χ1v) is 12.5. The molecule has 10 heteroatoms. The number of carbonyl (C=O) groups excluding carboxylic acids is 4. The summed E-state index contributed by atoms with van der Waals surface area (Å²) in [6.07, 6.45) is 2.75. The number of benzene rings is 1. The summed E-state index contributed by atoms with van der Waals surface area (Å²) in [5, 5.41) is 18.7. The van der Waals surface area contributed by atoms with E-state index in [1.165, 1.54) is 6.42 Å². The average molecular weight is 505 g/mol. The van der Waals surface area contributed by atoms with E-state index >= 15 is 0 Å². The van der Waals surface area contributed by atoms with Crippen molar-refractivity contribution < 1.29 is 29.0 Å². The highest BCUT2D eigenvalue weighted by Crippen LogP contribution is 2.22. The van der Waals surface area contributed by atoms with E-state index in [1.807, 2.05) is 30.3 Å². The lowest BCUT2D eigenvalue weighted by molar-refractivity contribution is -0.133. The van der Waals surface area contributed by atoms with Gasteiger partial charge in [-0.2, -0.15) is 0 Å². The Labute approximate surface area is 212 Å². The molecule has 10 nitrogen and oxygen atoms in total. The average Bonchev–Trinajstić information content (AvgIpc) is 2.81. The van der Waals surface area contributed by atoms with Crippen molar-refractivity contribution in [3.63, 3.8) is 0 Å². The van der Waals surface area contributed by atoms with E-state index in [-0.39, 0.29) is 6.42 Å². The van der Waals surface area contributed by atoms with Crippen molar-refractivity contribution in [1.82, 2.24) is 16.0 Å². The molecule has 6 N–H and O–H groups in total. The molecule has 1 aromatic carbocycles. The quantitative estimate of drug-likeness (QED) is 0.307. The van der Waals surface area contributed by atoms with Crippen molar-refractivity contribution in [2.24, 2.45) is 11.7 Å². The molecule has 0 saturated heterocycles. The van der Waals surface area contributed by atoms with Crippen LogP contribution in [-0.2, 0) is 25.5 Å². The lowest BCUT2D eigenvalue weighted by Gasteiger charge is -2.28. The number of nitrogens with two attached hydrogens (primary N) is 1. The Morgan fingerprint density at radius 2 is 1.67 bits per heavy atom. The van der Waals surface area contributed by atoms with Gasteiger partial charge in [-0.05, 0) is 51.5 Å². The maximum atomic E-state index is 13.1. The lowest BCUT2D eigenvalue weighted by atomic mass is 9.89. The van der Waals surface area contributed by atoms with Gasteiger partial charge in [0.25, 0.3) is 5.91 Å². The summed E-state index contributed by atoms with van der Waals surface area (Å²) in [5.41, 5.74) is 5.25. The predicted octanol–water partition coefficient (Wildman–Crippen LogP) is 1.54. The number of hydrogen-bond acceptors (Lipinski definition) is 6. The van der Waals surface area contributed by atoms with Crippen LogP contribution in [0.4, 0.5) is 4.79 Å². The maximum absolute atomic E-state index is 13.1. The van der Waals surface area contributed by atoms with Crippen LogP contribution < -0.4 is 21.7 Å². The van der Waals surface area contributed by atoms with E-state index in [0.29, 0.717) is 12.5 Å². The monoisotopic (exact) mass is 504 g/mol. The summed E-state index contributed by atoms with van der Waals surface area (Å²) in [5.74, 6) is -1.79. The van der Waals surface area contributed by atoms with E-state index in [1.54, 1.807) is 20.8 Å². The maximum Gasteiger partial charge on any atom is 0.408 e. The predicted molar refractivity (Wildman–Crippen MR) is 135 cm³/mol. The highest BCUT2D eigenvalue weighted by Gasteiger charge is 2.32. The van der Waals surface area contributed by atoms with Gasteiger partial charge in [0.05, 0.1) is 12.5 Å². The SMILES string of the molecule is CC(C)(C)OC(=O)N[C@@H](CC(N)=O)C(=O)NC(Cc1ccccc1)C(O)C(=O)NCC1CCCCC1. The number of carbonyl (C=O) groups is 4. The van der Waals surface area contributed by atoms with Crippen LogP contribution in [0.1, 0.15) is 64.9 Å². The van der Waals surface area contributed by atoms with E-state index in [4.69, 9.17) is 10.5 Å². The number of hydrogen-bond donors (Lipinski definition) is 5. The third-order valence-electron chi connectivity index (χ3n) is 5.98. The number of primary amides is 1. The molecular weight excluding hydrogens is 464 g/mol. The molecule has 1 fully saturated rings. The largest absolute Gasteiger partial charge is 0.444 e. The molecule has 2 rings (SSSR count). The zero-order valence-electron chi connectivity index (χ0n) is 21.4. The Bertz CT molecular complexity index is 880. The fraction of sp³-hybridized carbons (Fsp3) is 0.615. The summed E-state index contributed by atoms with van der Waals surface area (Å²) in [6.45, 7) is 5.45. The van der Waals surface area contributed by atoms with Gasteiger partial charge in [-0.3, -0.25) is 14.4 Å². The first-order chi connectivity index (χ1) is 16.9. The molecular formula is C26H40N4O6. The number of amides is 4. The zero-order valence-corrected chi connectivity index (χ0v) is 21.4. The number of alkyl carbamates (subject to hydrolysis) is 1. The van der Waals surface area contributed by atoms with Gasteiger partial charge >= 0.3 is 6.09 Å². The van der Waals surface area contributed by atoms with Crippen molar-refractivity contribution in [3.8, 4) is 0 Å². The standard InChI is InChI=1S/C26H40N4O6/c1-26(2,3)36-25(35)30-20(15-21(27)31)23(33)29-19(14-17-10-6-4-7-11-17)22(32)24(34)28-16-18-12-8-5-9-13-18/h4,6-7,10-11,18-20,22,32H,5,8-9,12-16H2,1-3H3,(H2,27,31)(H,28,34)(H,29,33)(H,30,35)/t19?,20-,22?/m0/s1. The minimum absolute atomic E-state index is 0.153. The minimum Gasteiger partial charge on any atom is -0.444 e. The Kier molecular flexibility index (Phi) is 11.2. The zero-order chi connectivity index (χ0) is 26.7. The van der Waals surface area contributed by atoms with Crippen molar-refractivity contribution >= 4 is 23.8 Å². The minimum atomic E-state index is -1.55. The van der Waals surface area contributed by atoms with Gasteiger partial charge in [0, 0.05) is 6.54 Å². The van der Waals surface area contributed by atoms with E-state index in [0.717, 1.165) is 31.2 Å². The molecule has 1 aliphatic rings. The highest BCUT2D eigenvalue weighted by atomic mass is 16.6. The molecule has 2 unspecified atom stereocenters. The van der Waals surface area contributed by atoms with Crippen molar-refractivity contribution in [2.75, 3.05) is 6.54 Å². The molecule has 36 heavy (non-hydrogen) atoms. The molecule has 0 radical (unpaired) electrons. The Balaban J connectivity index is 2.12. The molecule has 3 atom stereocenters. The lowest BCUT2D eigenvalue weighted by Crippen LogP contribution is -2.57. The molecule has 0 aromatic heterocycles. The fourth-order valence-electron chi connectivity index (χ4n) is 4.18. The van der Waals surface area contributed by atoms with Gasteiger partial charge in [0.15, 0.2) is 6.10 Å². The summed E-state index contributed by atoms with van der Waals surface area (Å²) in [6, 6.07) is 6.72. The van der Waals surface area contributed by atoms with Crippen LogP contribution in [-0.4, -0.2) is 59.3 Å². The normalized spacial score (nSPS) is 16.8. The van der Waals surface area contributed by atoms with Gasteiger partial charge in [-0.15, -0.1) is 0 Å². The summed E-state index contributed by atoms with van der Waals surface area (Å²) in [4.78, 5) is 49.7. The Morgan fingerprint density at radius 1 is 1.03 bits per heavy atom. The topological polar surface area (TPSA) is 160 Å². The van der Waals surface area contributed by atoms with Crippen molar-refractivity contribution in [2.45, 2.75) is 89.5 Å². The molecule has 1 saturated carbocycles. The van der Waals surface area contributed by atoms with Crippen LogP contribution in [0.25, 0.3) is 0 Å². The van der Waals surface area contributed by atoms with E-state index in [2.05, 4.69) is 16.0 Å². The summed E-state index contributed by atoms with van der Waals surface area (Å²) in [7, 11) is 0. The number of rotatable bonds is 11. The third kappa shape index (κ3) is 10.6. The van der Waals surface area contributed by atoms with Crippen LogP contribution in [0.5, 0.6) is 0 Å². The number of ether oxygens (including phenoxy) is 1. The molecule has 1 aliphatic carbocycles. The highest BCUT2D eigenvalue weighted by molar-refractivity contribution is 5.91. The van der Waals surface area contributed by atoms with Gasteiger partial charge in [-0.1, -0.05) is 49.6 Å². The van der Waals surface area contributed by atoms with E-state index in [9.17, 15) is 24.3 Å². The molecule has 0 heterocycles. The van der Waals surface area contributed by atoms with Crippen LogP contribution in [0.15, 0.2) is 30.3 Å². The van der Waals surface area contributed by atoms with E-state index < -0.39 is 54.0 Å². The second kappa shape index (κ2) is 13.8. The molecule has 200 valence electrons. The summed E-state index contributed by atoms with van der Waals surface area (Å²) >= 11 is 0. The Hall–Kier alpha value is -3.14. The first kappa shape index (κ1) is 29.1. The smallest absolute Gasteiger partial charge is 0.408 e. The van der Waals surface area contributed by atoms with Crippen molar-refractivity contribution in [3.05, 3.63) is 35.9 Å². The fourth-order valence-corrected chi connectivity index (χ4v) is 4.18. The van der Waals surface area contributed by atoms with Gasteiger partial charge < -0.3 is 31.5 Å². The van der Waals surface area contributed by atoms with Gasteiger partial charge in [0.2, 0.25) is 11.8 Å². The Morgan fingerprint density at radius 3 is 2.25 bits per heavy atom. The molecule has 1 aromatic rings. The second-order valence-corrected chi connectivity index (χ2v) is 10.4.